The van der Waals surface area contributed by atoms with Crippen molar-refractivity contribution in [3.8, 4) is 0 Å². The average molecular weight is 505 g/mol. The van der Waals surface area contributed by atoms with Crippen LogP contribution in [0.1, 0.15) is 33.2 Å². The molecule has 0 radical (unpaired) electrons. The van der Waals surface area contributed by atoms with E-state index in [0.717, 1.165) is 26.6 Å². The van der Waals surface area contributed by atoms with Gasteiger partial charge in [0.05, 0.1) is 17.7 Å². The Hall–Kier alpha value is -3.78. The number of hydrogen-bond donors (Lipinski definition) is 2. The molecule has 1 heterocycles. The Kier molecular flexibility index (Phi) is 6.65. The molecule has 7 nitrogen and oxygen atoms in total. The Balaban J connectivity index is 1.49. The van der Waals surface area contributed by atoms with Crippen LogP contribution >= 0.6 is 15.9 Å². The van der Waals surface area contributed by atoms with E-state index in [1.54, 1.807) is 37.4 Å². The lowest BCUT2D eigenvalue weighted by Gasteiger charge is -2.12. The second kappa shape index (κ2) is 9.79. The first kappa shape index (κ1) is 22.4. The molecular weight excluding hydrogens is 484 g/mol. The fourth-order valence-electron chi connectivity index (χ4n) is 3.19. The standard InChI is InChI=1S/C25H21BrN4O3/c1-3-33-24(32)17-7-5-16(6-8-17)23(31)29-22-13-20(10-4-15(22)2)28-25-27-14-18-12-19(26)9-11-21(18)30-25/h4-14H,3H2,1-2H3,(H,29,31)(H,27,28,30). The van der Waals surface area contributed by atoms with Crippen LogP contribution in [-0.4, -0.2) is 28.5 Å². The molecule has 0 saturated heterocycles. The highest BCUT2D eigenvalue weighted by Gasteiger charge is 2.12. The predicted octanol–water partition coefficient (Wildman–Crippen LogP) is 5.87. The number of amides is 1. The maximum Gasteiger partial charge on any atom is 0.338 e. The predicted molar refractivity (Wildman–Crippen MR) is 132 cm³/mol. The highest BCUT2D eigenvalue weighted by molar-refractivity contribution is 9.10. The number of nitrogens with zero attached hydrogens (tertiary/aromatic N) is 2. The number of ether oxygens (including phenoxy) is 1. The van der Waals surface area contributed by atoms with E-state index in [1.165, 1.54) is 0 Å². The van der Waals surface area contributed by atoms with Crippen molar-refractivity contribution >= 4 is 56.0 Å². The van der Waals surface area contributed by atoms with Gasteiger partial charge in [-0.05, 0) is 74.0 Å². The Bertz CT molecular complexity index is 1340. The Morgan fingerprint density at radius 2 is 1.76 bits per heavy atom. The summed E-state index contributed by atoms with van der Waals surface area (Å²) in [5.74, 6) is -0.235. The summed E-state index contributed by atoms with van der Waals surface area (Å²) in [5, 5.41) is 7.04. The number of aromatic nitrogens is 2. The van der Waals surface area contributed by atoms with Gasteiger partial charge in [-0.3, -0.25) is 4.79 Å². The SMILES string of the molecule is CCOC(=O)c1ccc(C(=O)Nc2cc(Nc3ncc4cc(Br)ccc4n3)ccc2C)cc1. The molecule has 0 aliphatic rings. The summed E-state index contributed by atoms with van der Waals surface area (Å²) in [4.78, 5) is 33.4. The molecule has 166 valence electrons. The lowest BCUT2D eigenvalue weighted by atomic mass is 10.1. The van der Waals surface area contributed by atoms with Gasteiger partial charge in [0.15, 0.2) is 0 Å². The Labute approximate surface area is 199 Å². The van der Waals surface area contributed by atoms with Gasteiger partial charge in [-0.25, -0.2) is 14.8 Å². The van der Waals surface area contributed by atoms with E-state index in [1.807, 2.05) is 43.3 Å². The quantitative estimate of drug-likeness (QED) is 0.318. The third-order valence-electron chi connectivity index (χ3n) is 4.94. The maximum absolute atomic E-state index is 12.7. The van der Waals surface area contributed by atoms with Gasteiger partial charge in [-0.1, -0.05) is 22.0 Å². The van der Waals surface area contributed by atoms with Crippen molar-refractivity contribution in [3.05, 3.63) is 88.0 Å². The number of fused-ring (bicyclic) bond motifs is 1. The number of carbonyl (C=O) groups is 2. The zero-order valence-electron chi connectivity index (χ0n) is 18.1. The number of halogens is 1. The molecule has 33 heavy (non-hydrogen) atoms. The smallest absolute Gasteiger partial charge is 0.338 e. The van der Waals surface area contributed by atoms with Gasteiger partial charge in [-0.15, -0.1) is 0 Å². The van der Waals surface area contributed by atoms with Crippen LogP contribution in [0.4, 0.5) is 17.3 Å². The van der Waals surface area contributed by atoms with Crippen LogP contribution in [0.3, 0.4) is 0 Å². The molecule has 0 atom stereocenters. The molecule has 0 aliphatic heterocycles. The fourth-order valence-corrected chi connectivity index (χ4v) is 3.57. The Morgan fingerprint density at radius 3 is 2.52 bits per heavy atom. The third-order valence-corrected chi connectivity index (χ3v) is 5.44. The summed E-state index contributed by atoms with van der Waals surface area (Å²) in [6.45, 7) is 3.96. The van der Waals surface area contributed by atoms with E-state index in [4.69, 9.17) is 4.74 Å². The van der Waals surface area contributed by atoms with Crippen LogP contribution in [0, 0.1) is 6.92 Å². The molecule has 1 aromatic heterocycles. The van der Waals surface area contributed by atoms with E-state index in [-0.39, 0.29) is 5.91 Å². The van der Waals surface area contributed by atoms with Crippen LogP contribution in [0.15, 0.2) is 71.3 Å². The maximum atomic E-state index is 12.7. The van der Waals surface area contributed by atoms with Crippen molar-refractivity contribution in [2.45, 2.75) is 13.8 Å². The molecule has 4 aromatic rings. The lowest BCUT2D eigenvalue weighted by Crippen LogP contribution is -2.13. The molecule has 0 aliphatic carbocycles. The molecule has 0 unspecified atom stereocenters. The molecular formula is C25H21BrN4O3. The summed E-state index contributed by atoms with van der Waals surface area (Å²) in [7, 11) is 0. The third kappa shape index (κ3) is 5.35. The highest BCUT2D eigenvalue weighted by atomic mass is 79.9. The zero-order valence-corrected chi connectivity index (χ0v) is 19.6. The van der Waals surface area contributed by atoms with Gasteiger partial charge in [-0.2, -0.15) is 0 Å². The monoisotopic (exact) mass is 504 g/mol. The van der Waals surface area contributed by atoms with Crippen molar-refractivity contribution < 1.29 is 14.3 Å². The van der Waals surface area contributed by atoms with Crippen molar-refractivity contribution in [2.75, 3.05) is 17.2 Å². The van der Waals surface area contributed by atoms with Crippen molar-refractivity contribution in [1.82, 2.24) is 9.97 Å². The summed E-state index contributed by atoms with van der Waals surface area (Å²) in [6, 6.07) is 17.8. The molecule has 4 rings (SSSR count). The first-order valence-electron chi connectivity index (χ1n) is 10.3. The fraction of sp³-hybridized carbons (Fsp3) is 0.120. The van der Waals surface area contributed by atoms with Crippen molar-refractivity contribution in [1.29, 1.82) is 0 Å². The molecule has 1 amide bonds. The molecule has 0 fully saturated rings. The van der Waals surface area contributed by atoms with Crippen molar-refractivity contribution in [2.24, 2.45) is 0 Å². The number of esters is 1. The van der Waals surface area contributed by atoms with Crippen LogP contribution in [-0.2, 0) is 4.74 Å². The number of nitrogens with one attached hydrogen (secondary N) is 2. The summed E-state index contributed by atoms with van der Waals surface area (Å²) in [6.07, 6.45) is 1.76. The van der Waals surface area contributed by atoms with Crippen LogP contribution in [0.25, 0.3) is 10.9 Å². The molecule has 3 aromatic carbocycles. The van der Waals surface area contributed by atoms with E-state index in [0.29, 0.717) is 29.4 Å². The van der Waals surface area contributed by atoms with Gasteiger partial charge in [0.25, 0.3) is 5.91 Å². The topological polar surface area (TPSA) is 93.2 Å². The second-order valence-corrected chi connectivity index (χ2v) is 8.22. The minimum atomic E-state index is -0.414. The van der Waals surface area contributed by atoms with Crippen molar-refractivity contribution in [3.63, 3.8) is 0 Å². The largest absolute Gasteiger partial charge is 0.462 e. The van der Waals surface area contributed by atoms with Gasteiger partial charge in [0.1, 0.15) is 0 Å². The van der Waals surface area contributed by atoms with Crippen LogP contribution in [0.5, 0.6) is 0 Å². The molecule has 8 heteroatoms. The molecule has 0 saturated carbocycles. The summed E-state index contributed by atoms with van der Waals surface area (Å²) >= 11 is 3.45. The van der Waals surface area contributed by atoms with E-state index < -0.39 is 5.97 Å². The average Bonchev–Trinajstić information content (AvgIpc) is 2.81. The normalized spacial score (nSPS) is 10.6. The number of aryl methyl sites for hydroxylation is 1. The molecule has 2 N–H and O–H groups in total. The van der Waals surface area contributed by atoms with E-state index >= 15 is 0 Å². The first-order valence-corrected chi connectivity index (χ1v) is 11.1. The molecule has 0 spiro atoms. The van der Waals surface area contributed by atoms with Gasteiger partial charge < -0.3 is 15.4 Å². The number of carbonyl (C=O) groups excluding carboxylic acids is 2. The summed E-state index contributed by atoms with van der Waals surface area (Å²) in [5.41, 5.74) is 3.96. The number of rotatable bonds is 6. The lowest BCUT2D eigenvalue weighted by molar-refractivity contribution is 0.0526. The zero-order chi connectivity index (χ0) is 23.4. The summed E-state index contributed by atoms with van der Waals surface area (Å²) < 4.78 is 5.94. The minimum absolute atomic E-state index is 0.279. The van der Waals surface area contributed by atoms with E-state index in [9.17, 15) is 9.59 Å². The first-order chi connectivity index (χ1) is 15.9. The Morgan fingerprint density at radius 1 is 1.00 bits per heavy atom. The van der Waals surface area contributed by atoms with Gasteiger partial charge in [0.2, 0.25) is 5.95 Å². The number of hydrogen-bond acceptors (Lipinski definition) is 6. The second-order valence-electron chi connectivity index (χ2n) is 7.30. The van der Waals surface area contributed by atoms with Crippen LogP contribution < -0.4 is 10.6 Å². The molecule has 0 bridgehead atoms. The van der Waals surface area contributed by atoms with E-state index in [2.05, 4.69) is 36.5 Å². The van der Waals surface area contributed by atoms with Crippen LogP contribution in [0.2, 0.25) is 0 Å². The van der Waals surface area contributed by atoms with Gasteiger partial charge in [0, 0.05) is 33.0 Å². The number of anilines is 3. The van der Waals surface area contributed by atoms with Gasteiger partial charge >= 0.3 is 5.97 Å². The highest BCUT2D eigenvalue weighted by Crippen LogP contribution is 2.24. The minimum Gasteiger partial charge on any atom is -0.462 e. The number of benzene rings is 3.